The highest BCUT2D eigenvalue weighted by molar-refractivity contribution is 7.89. The van der Waals surface area contributed by atoms with Crippen molar-refractivity contribution in [3.63, 3.8) is 0 Å². The third-order valence-corrected chi connectivity index (χ3v) is 6.24. The van der Waals surface area contributed by atoms with Crippen LogP contribution in [0.1, 0.15) is 38.2 Å². The van der Waals surface area contributed by atoms with E-state index >= 15 is 0 Å². The van der Waals surface area contributed by atoms with E-state index in [0.29, 0.717) is 25.6 Å². The van der Waals surface area contributed by atoms with Gasteiger partial charge in [0.05, 0.1) is 11.0 Å². The summed E-state index contributed by atoms with van der Waals surface area (Å²) in [4.78, 5) is 12.1. The topological polar surface area (TPSA) is 84.5 Å². The molecule has 1 atom stereocenters. The molecule has 7 heteroatoms. The molecule has 0 aromatic heterocycles. The molecule has 1 aromatic carbocycles. The highest BCUT2D eigenvalue weighted by Gasteiger charge is 2.23. The molecule has 0 bridgehead atoms. The molecule has 0 spiro atoms. The van der Waals surface area contributed by atoms with Gasteiger partial charge in [0, 0.05) is 25.8 Å². The SMILES string of the molecule is C/C(=C/C(=O)NCc1ccc(S(=O)(=O)NC[C@@H]2CCCO2)cc1)C1CC1. The molecule has 26 heavy (non-hydrogen) atoms. The first-order chi connectivity index (χ1) is 12.4. The number of benzene rings is 1. The lowest BCUT2D eigenvalue weighted by Crippen LogP contribution is -2.31. The first kappa shape index (κ1) is 19.1. The van der Waals surface area contributed by atoms with Crippen molar-refractivity contribution in [2.75, 3.05) is 13.2 Å². The van der Waals surface area contributed by atoms with Gasteiger partial charge in [-0.1, -0.05) is 17.7 Å². The minimum atomic E-state index is -3.54. The van der Waals surface area contributed by atoms with Crippen LogP contribution in [0.5, 0.6) is 0 Å². The number of carbonyl (C=O) groups is 1. The molecule has 2 N–H and O–H groups in total. The van der Waals surface area contributed by atoms with Crippen LogP contribution in [0.4, 0.5) is 0 Å². The van der Waals surface area contributed by atoms with Gasteiger partial charge in [0.2, 0.25) is 15.9 Å². The van der Waals surface area contributed by atoms with Crippen LogP contribution in [-0.2, 0) is 26.1 Å². The number of amides is 1. The Bertz CT molecular complexity index is 761. The first-order valence-corrected chi connectivity index (χ1v) is 10.6. The van der Waals surface area contributed by atoms with Gasteiger partial charge in [-0.05, 0) is 56.2 Å². The van der Waals surface area contributed by atoms with Gasteiger partial charge in [0.1, 0.15) is 0 Å². The summed E-state index contributed by atoms with van der Waals surface area (Å²) < 4.78 is 32.7. The Hall–Kier alpha value is -1.70. The second-order valence-corrected chi connectivity index (χ2v) is 8.78. The van der Waals surface area contributed by atoms with Crippen molar-refractivity contribution >= 4 is 15.9 Å². The zero-order chi connectivity index (χ0) is 18.6. The Morgan fingerprint density at radius 1 is 1.23 bits per heavy atom. The van der Waals surface area contributed by atoms with Crippen molar-refractivity contribution in [2.45, 2.75) is 50.2 Å². The van der Waals surface area contributed by atoms with Gasteiger partial charge in [-0.25, -0.2) is 13.1 Å². The monoisotopic (exact) mass is 378 g/mol. The maximum Gasteiger partial charge on any atom is 0.244 e. The van der Waals surface area contributed by atoms with Gasteiger partial charge < -0.3 is 10.1 Å². The van der Waals surface area contributed by atoms with Crippen molar-refractivity contribution < 1.29 is 17.9 Å². The lowest BCUT2D eigenvalue weighted by atomic mass is 10.2. The lowest BCUT2D eigenvalue weighted by molar-refractivity contribution is -0.116. The largest absolute Gasteiger partial charge is 0.377 e. The maximum atomic E-state index is 12.3. The molecule has 2 fully saturated rings. The normalized spacial score (nSPS) is 21.0. The number of hydrogen-bond donors (Lipinski definition) is 2. The number of ether oxygens (including phenoxy) is 1. The molecule has 1 aromatic rings. The zero-order valence-corrected chi connectivity index (χ0v) is 15.8. The van der Waals surface area contributed by atoms with Gasteiger partial charge in [0.15, 0.2) is 0 Å². The van der Waals surface area contributed by atoms with E-state index in [9.17, 15) is 13.2 Å². The highest BCUT2D eigenvalue weighted by atomic mass is 32.2. The number of carbonyl (C=O) groups excluding carboxylic acids is 1. The average Bonchev–Trinajstić information content (AvgIpc) is 3.35. The molecule has 1 aliphatic carbocycles. The second kappa shape index (κ2) is 8.33. The van der Waals surface area contributed by atoms with Gasteiger partial charge in [-0.3, -0.25) is 4.79 Å². The molecule has 1 heterocycles. The van der Waals surface area contributed by atoms with E-state index in [1.54, 1.807) is 30.3 Å². The van der Waals surface area contributed by atoms with Crippen LogP contribution in [0.3, 0.4) is 0 Å². The fourth-order valence-electron chi connectivity index (χ4n) is 2.98. The van der Waals surface area contributed by atoms with Crippen molar-refractivity contribution in [2.24, 2.45) is 5.92 Å². The van der Waals surface area contributed by atoms with Crippen molar-refractivity contribution in [3.8, 4) is 0 Å². The smallest absolute Gasteiger partial charge is 0.244 e. The Balaban J connectivity index is 1.50. The molecule has 0 unspecified atom stereocenters. The molecular formula is C19H26N2O4S. The van der Waals surface area contributed by atoms with E-state index in [1.807, 2.05) is 6.92 Å². The Labute approximate surface area is 155 Å². The summed E-state index contributed by atoms with van der Waals surface area (Å²) in [6, 6.07) is 6.56. The van der Waals surface area contributed by atoms with Crippen LogP contribution in [0.2, 0.25) is 0 Å². The third-order valence-electron chi connectivity index (χ3n) is 4.81. The van der Waals surface area contributed by atoms with Crippen molar-refractivity contribution in [1.29, 1.82) is 0 Å². The Morgan fingerprint density at radius 3 is 2.58 bits per heavy atom. The van der Waals surface area contributed by atoms with E-state index < -0.39 is 10.0 Å². The molecule has 3 rings (SSSR count). The van der Waals surface area contributed by atoms with E-state index in [2.05, 4.69) is 10.0 Å². The van der Waals surface area contributed by atoms with Crippen LogP contribution in [0, 0.1) is 5.92 Å². The van der Waals surface area contributed by atoms with Gasteiger partial charge >= 0.3 is 0 Å². The zero-order valence-electron chi connectivity index (χ0n) is 15.0. The number of hydrogen-bond acceptors (Lipinski definition) is 4. The fourth-order valence-corrected chi connectivity index (χ4v) is 4.05. The summed E-state index contributed by atoms with van der Waals surface area (Å²) >= 11 is 0. The predicted molar refractivity (Wildman–Crippen MR) is 98.9 cm³/mol. The standard InChI is InChI=1S/C19H26N2O4S/c1-14(16-6-7-16)11-19(22)20-12-15-4-8-18(9-5-15)26(23,24)21-13-17-3-2-10-25-17/h4-5,8-9,11,16-17,21H,2-3,6-7,10,12-13H2,1H3,(H,20,22)/b14-11-/t17-/m0/s1. The Morgan fingerprint density at radius 2 is 1.96 bits per heavy atom. The minimum Gasteiger partial charge on any atom is -0.377 e. The third kappa shape index (κ3) is 5.40. The molecule has 1 saturated heterocycles. The number of rotatable bonds is 8. The fraction of sp³-hybridized carbons (Fsp3) is 0.526. The van der Waals surface area contributed by atoms with Gasteiger partial charge in [0.25, 0.3) is 0 Å². The first-order valence-electron chi connectivity index (χ1n) is 9.10. The predicted octanol–water partition coefficient (Wildman–Crippen LogP) is 2.12. The number of sulfonamides is 1. The summed E-state index contributed by atoms with van der Waals surface area (Å²) in [5, 5.41) is 2.84. The summed E-state index contributed by atoms with van der Waals surface area (Å²) in [5.74, 6) is 0.469. The summed E-state index contributed by atoms with van der Waals surface area (Å²) in [6.07, 6.45) is 5.83. The van der Waals surface area contributed by atoms with Gasteiger partial charge in [-0.15, -0.1) is 0 Å². The molecule has 1 amide bonds. The average molecular weight is 378 g/mol. The molecule has 2 aliphatic rings. The van der Waals surface area contributed by atoms with Gasteiger partial charge in [-0.2, -0.15) is 0 Å². The summed E-state index contributed by atoms with van der Waals surface area (Å²) in [7, 11) is -3.54. The van der Waals surface area contributed by atoms with Crippen LogP contribution in [-0.4, -0.2) is 33.6 Å². The highest BCUT2D eigenvalue weighted by Crippen LogP contribution is 2.35. The van der Waals surface area contributed by atoms with Crippen LogP contribution in [0.15, 0.2) is 40.8 Å². The minimum absolute atomic E-state index is 0.0357. The van der Waals surface area contributed by atoms with Crippen molar-refractivity contribution in [3.05, 3.63) is 41.5 Å². The summed E-state index contributed by atoms with van der Waals surface area (Å²) in [5.41, 5.74) is 1.98. The van der Waals surface area contributed by atoms with Crippen LogP contribution in [0.25, 0.3) is 0 Å². The van der Waals surface area contributed by atoms with E-state index in [-0.39, 0.29) is 16.9 Å². The lowest BCUT2D eigenvalue weighted by Gasteiger charge is -2.12. The van der Waals surface area contributed by atoms with Crippen LogP contribution < -0.4 is 10.0 Å². The number of nitrogens with one attached hydrogen (secondary N) is 2. The van der Waals surface area contributed by atoms with Crippen molar-refractivity contribution in [1.82, 2.24) is 10.0 Å². The quantitative estimate of drug-likeness (QED) is 0.679. The summed E-state index contributed by atoms with van der Waals surface area (Å²) in [6.45, 7) is 3.35. The molecule has 1 aliphatic heterocycles. The molecule has 1 saturated carbocycles. The molecule has 6 nitrogen and oxygen atoms in total. The van der Waals surface area contributed by atoms with Crippen LogP contribution >= 0.6 is 0 Å². The molecule has 0 radical (unpaired) electrons. The Kier molecular flexibility index (Phi) is 6.11. The van der Waals surface area contributed by atoms with E-state index in [4.69, 9.17) is 4.74 Å². The number of allylic oxidation sites excluding steroid dienone is 1. The molecular weight excluding hydrogens is 352 g/mol. The maximum absolute atomic E-state index is 12.3. The second-order valence-electron chi connectivity index (χ2n) is 7.01. The molecule has 142 valence electrons. The van der Waals surface area contributed by atoms with E-state index in [1.165, 1.54) is 12.8 Å². The van der Waals surface area contributed by atoms with E-state index in [0.717, 1.165) is 24.0 Å².